The Balaban J connectivity index is 1.79. The minimum Gasteiger partial charge on any atom is -0.394 e. The summed E-state index contributed by atoms with van der Waals surface area (Å²) in [6.45, 7) is -0.210. The summed E-state index contributed by atoms with van der Waals surface area (Å²) in [5.41, 5.74) is 2.38. The smallest absolute Gasteiger partial charge is 0.150 e. The van der Waals surface area contributed by atoms with Gasteiger partial charge in [-0.2, -0.15) is 5.10 Å². The number of aliphatic hydroxyl groups excluding tert-OH is 2. The van der Waals surface area contributed by atoms with E-state index in [-0.39, 0.29) is 13.2 Å². The van der Waals surface area contributed by atoms with Crippen LogP contribution in [0.3, 0.4) is 0 Å². The van der Waals surface area contributed by atoms with Crippen LogP contribution in [0.2, 0.25) is 0 Å². The van der Waals surface area contributed by atoms with E-state index in [0.717, 1.165) is 11.3 Å². The second kappa shape index (κ2) is 7.20. The molecular formula is C17H17FN4O2. The van der Waals surface area contributed by atoms with Crippen LogP contribution in [0.5, 0.6) is 0 Å². The van der Waals surface area contributed by atoms with E-state index < -0.39 is 11.9 Å². The van der Waals surface area contributed by atoms with Gasteiger partial charge in [-0.3, -0.25) is 4.98 Å². The summed E-state index contributed by atoms with van der Waals surface area (Å²) in [6, 6.07) is 10.2. The molecular weight excluding hydrogens is 311 g/mol. The first-order valence-electron chi connectivity index (χ1n) is 7.46. The molecule has 2 heterocycles. The van der Waals surface area contributed by atoms with E-state index in [4.69, 9.17) is 5.11 Å². The number of halogens is 1. The third-order valence-corrected chi connectivity index (χ3v) is 3.49. The van der Waals surface area contributed by atoms with E-state index in [2.05, 4.69) is 15.4 Å². The Morgan fingerprint density at radius 3 is 2.83 bits per heavy atom. The monoisotopic (exact) mass is 328 g/mol. The second-order valence-corrected chi connectivity index (χ2v) is 5.27. The molecule has 3 rings (SSSR count). The SMILES string of the molecule is OC[C@H](O)CNc1ccc(-n2cc(-c3ccccn3)cn2)c(F)c1. The lowest BCUT2D eigenvalue weighted by Crippen LogP contribution is -2.23. The predicted octanol–water partition coefficient (Wildman–Crippen LogP) is 1.84. The number of pyridine rings is 1. The highest BCUT2D eigenvalue weighted by Gasteiger charge is 2.10. The number of nitrogens with zero attached hydrogens (tertiary/aromatic N) is 3. The third-order valence-electron chi connectivity index (χ3n) is 3.49. The topological polar surface area (TPSA) is 83.2 Å². The number of benzene rings is 1. The Labute approximate surface area is 138 Å². The molecule has 0 aliphatic rings. The Morgan fingerprint density at radius 2 is 2.12 bits per heavy atom. The molecule has 1 atom stereocenters. The normalized spacial score (nSPS) is 12.1. The van der Waals surface area contributed by atoms with Crippen molar-refractivity contribution in [2.75, 3.05) is 18.5 Å². The van der Waals surface area contributed by atoms with Crippen LogP contribution in [0.1, 0.15) is 0 Å². The highest BCUT2D eigenvalue weighted by Crippen LogP contribution is 2.21. The van der Waals surface area contributed by atoms with Crippen molar-refractivity contribution >= 4 is 5.69 Å². The molecule has 0 radical (unpaired) electrons. The van der Waals surface area contributed by atoms with Crippen LogP contribution in [0, 0.1) is 5.82 Å². The zero-order valence-electron chi connectivity index (χ0n) is 12.8. The van der Waals surface area contributed by atoms with Gasteiger partial charge in [-0.1, -0.05) is 6.07 Å². The standard InChI is InChI=1S/C17H17FN4O2/c18-15-7-13(20-9-14(24)11-23)4-5-17(15)22-10-12(8-21-22)16-3-1-2-6-19-16/h1-8,10,14,20,23-24H,9,11H2/t14-/m1/s1. The van der Waals surface area contributed by atoms with Crippen LogP contribution in [-0.2, 0) is 0 Å². The summed E-state index contributed by atoms with van der Waals surface area (Å²) < 4.78 is 15.8. The van der Waals surface area contributed by atoms with E-state index in [1.54, 1.807) is 30.7 Å². The Morgan fingerprint density at radius 1 is 1.25 bits per heavy atom. The highest BCUT2D eigenvalue weighted by molar-refractivity contribution is 5.58. The first kappa shape index (κ1) is 16.1. The molecule has 0 spiro atoms. The second-order valence-electron chi connectivity index (χ2n) is 5.27. The van der Waals surface area contributed by atoms with Gasteiger partial charge in [0, 0.05) is 30.2 Å². The maximum Gasteiger partial charge on any atom is 0.150 e. The summed E-state index contributed by atoms with van der Waals surface area (Å²) in [7, 11) is 0. The average molecular weight is 328 g/mol. The van der Waals surface area contributed by atoms with Gasteiger partial charge in [0.2, 0.25) is 0 Å². The van der Waals surface area contributed by atoms with E-state index in [1.165, 1.54) is 10.7 Å². The lowest BCUT2D eigenvalue weighted by atomic mass is 10.2. The van der Waals surface area contributed by atoms with Crippen LogP contribution >= 0.6 is 0 Å². The number of nitrogens with one attached hydrogen (secondary N) is 1. The van der Waals surface area contributed by atoms with Gasteiger partial charge in [0.15, 0.2) is 5.82 Å². The van der Waals surface area contributed by atoms with E-state index in [9.17, 15) is 9.50 Å². The van der Waals surface area contributed by atoms with Gasteiger partial charge in [0.1, 0.15) is 5.69 Å². The largest absolute Gasteiger partial charge is 0.394 e. The van der Waals surface area contributed by atoms with Crippen molar-refractivity contribution in [2.45, 2.75) is 6.10 Å². The zero-order chi connectivity index (χ0) is 16.9. The predicted molar refractivity (Wildman–Crippen MR) is 88.3 cm³/mol. The van der Waals surface area contributed by atoms with E-state index in [1.807, 2.05) is 18.2 Å². The molecule has 0 fully saturated rings. The van der Waals surface area contributed by atoms with Crippen LogP contribution in [0.15, 0.2) is 55.0 Å². The summed E-state index contributed by atoms with van der Waals surface area (Å²) >= 11 is 0. The lowest BCUT2D eigenvalue weighted by Gasteiger charge is -2.11. The van der Waals surface area contributed by atoms with Crippen LogP contribution in [0.25, 0.3) is 16.9 Å². The fourth-order valence-electron chi connectivity index (χ4n) is 2.22. The van der Waals surface area contributed by atoms with Gasteiger partial charge in [0.25, 0.3) is 0 Å². The third kappa shape index (κ3) is 3.58. The van der Waals surface area contributed by atoms with E-state index in [0.29, 0.717) is 11.4 Å². The van der Waals surface area contributed by atoms with Gasteiger partial charge in [0.05, 0.1) is 24.6 Å². The van der Waals surface area contributed by atoms with Crippen LogP contribution in [-0.4, -0.2) is 44.2 Å². The molecule has 124 valence electrons. The number of aromatic nitrogens is 3. The molecule has 0 bridgehead atoms. The molecule has 3 aromatic rings. The fourth-order valence-corrected chi connectivity index (χ4v) is 2.22. The molecule has 0 amide bonds. The fraction of sp³-hybridized carbons (Fsp3) is 0.176. The molecule has 7 heteroatoms. The van der Waals surface area contributed by atoms with Crippen molar-refractivity contribution in [3.05, 3.63) is 60.8 Å². The minimum absolute atomic E-state index is 0.140. The Hall–Kier alpha value is -2.77. The molecule has 24 heavy (non-hydrogen) atoms. The zero-order valence-corrected chi connectivity index (χ0v) is 12.8. The van der Waals surface area contributed by atoms with Crippen LogP contribution in [0.4, 0.5) is 10.1 Å². The molecule has 3 N–H and O–H groups in total. The average Bonchev–Trinajstić information content (AvgIpc) is 3.10. The van der Waals surface area contributed by atoms with Crippen molar-refractivity contribution in [1.29, 1.82) is 0 Å². The molecule has 0 unspecified atom stereocenters. The molecule has 0 aliphatic heterocycles. The summed E-state index contributed by atoms with van der Waals surface area (Å²) in [6.07, 6.45) is 4.14. The quantitative estimate of drug-likeness (QED) is 0.643. The molecule has 0 aliphatic carbocycles. The van der Waals surface area contributed by atoms with Crippen molar-refractivity contribution in [1.82, 2.24) is 14.8 Å². The van der Waals surface area contributed by atoms with E-state index >= 15 is 0 Å². The summed E-state index contributed by atoms with van der Waals surface area (Å²) in [5.74, 6) is -0.450. The molecule has 0 saturated carbocycles. The molecule has 1 aromatic carbocycles. The minimum atomic E-state index is -0.889. The van der Waals surface area contributed by atoms with Gasteiger partial charge in [-0.05, 0) is 30.3 Å². The van der Waals surface area contributed by atoms with Gasteiger partial charge in [-0.15, -0.1) is 0 Å². The van der Waals surface area contributed by atoms with Gasteiger partial charge >= 0.3 is 0 Å². The Kier molecular flexibility index (Phi) is 4.83. The summed E-state index contributed by atoms with van der Waals surface area (Å²) in [5, 5.41) is 25.1. The highest BCUT2D eigenvalue weighted by atomic mass is 19.1. The maximum atomic E-state index is 14.3. The first-order valence-corrected chi connectivity index (χ1v) is 7.46. The lowest BCUT2D eigenvalue weighted by molar-refractivity contribution is 0.105. The molecule has 0 saturated heterocycles. The number of hydrogen-bond donors (Lipinski definition) is 3. The molecule has 6 nitrogen and oxygen atoms in total. The van der Waals surface area contributed by atoms with Crippen molar-refractivity contribution in [3.63, 3.8) is 0 Å². The number of rotatable bonds is 6. The van der Waals surface area contributed by atoms with Gasteiger partial charge in [-0.25, -0.2) is 9.07 Å². The van der Waals surface area contributed by atoms with Crippen molar-refractivity contribution in [2.24, 2.45) is 0 Å². The molecule has 2 aromatic heterocycles. The maximum absolute atomic E-state index is 14.3. The Bertz CT molecular complexity index is 807. The van der Waals surface area contributed by atoms with Crippen molar-refractivity contribution in [3.8, 4) is 16.9 Å². The number of hydrogen-bond acceptors (Lipinski definition) is 5. The first-order chi connectivity index (χ1) is 11.7. The number of anilines is 1. The van der Waals surface area contributed by atoms with Crippen molar-refractivity contribution < 1.29 is 14.6 Å². The van der Waals surface area contributed by atoms with Gasteiger partial charge < -0.3 is 15.5 Å². The summed E-state index contributed by atoms with van der Waals surface area (Å²) in [4.78, 5) is 4.24. The van der Waals surface area contributed by atoms with Crippen LogP contribution < -0.4 is 5.32 Å². The number of aliphatic hydroxyl groups is 2.